The molecular formula is C17H26O. The van der Waals surface area contributed by atoms with Gasteiger partial charge in [0.1, 0.15) is 6.29 Å². The van der Waals surface area contributed by atoms with Crippen molar-refractivity contribution in [2.45, 2.75) is 52.9 Å². The first-order valence-electron chi connectivity index (χ1n) is 7.05. The van der Waals surface area contributed by atoms with Crippen LogP contribution >= 0.6 is 0 Å². The van der Waals surface area contributed by atoms with Crippen LogP contribution in [0.25, 0.3) is 0 Å². The van der Waals surface area contributed by atoms with Crippen LogP contribution < -0.4 is 0 Å². The van der Waals surface area contributed by atoms with Gasteiger partial charge in [-0.25, -0.2) is 0 Å². The first-order valence-corrected chi connectivity index (χ1v) is 7.05. The highest BCUT2D eigenvalue weighted by Crippen LogP contribution is 2.31. The van der Waals surface area contributed by atoms with Gasteiger partial charge >= 0.3 is 0 Å². The summed E-state index contributed by atoms with van der Waals surface area (Å²) in [6, 6.07) is 10.7. The Morgan fingerprint density at radius 2 is 1.78 bits per heavy atom. The van der Waals surface area contributed by atoms with Gasteiger partial charge in [-0.1, -0.05) is 63.9 Å². The summed E-state index contributed by atoms with van der Waals surface area (Å²) in [4.78, 5) is 10.8. The molecule has 1 atom stereocenters. The van der Waals surface area contributed by atoms with Gasteiger partial charge in [-0.05, 0) is 30.2 Å². The summed E-state index contributed by atoms with van der Waals surface area (Å²) in [5, 5.41) is 0. The van der Waals surface area contributed by atoms with E-state index in [0.29, 0.717) is 0 Å². The van der Waals surface area contributed by atoms with E-state index in [-0.39, 0.29) is 11.3 Å². The second-order valence-electron chi connectivity index (χ2n) is 5.96. The van der Waals surface area contributed by atoms with Crippen LogP contribution in [-0.4, -0.2) is 6.29 Å². The minimum atomic E-state index is 0.147. The number of carbonyl (C=O) groups is 1. The van der Waals surface area contributed by atoms with Crippen LogP contribution in [0.15, 0.2) is 30.3 Å². The number of carbonyl (C=O) groups excluding carboxylic acids is 1. The molecule has 1 rings (SSSR count). The van der Waals surface area contributed by atoms with Gasteiger partial charge < -0.3 is 4.79 Å². The van der Waals surface area contributed by atoms with Crippen LogP contribution in [0.2, 0.25) is 0 Å². The third-order valence-electron chi connectivity index (χ3n) is 4.07. The third-order valence-corrected chi connectivity index (χ3v) is 4.07. The molecule has 0 radical (unpaired) electrons. The van der Waals surface area contributed by atoms with E-state index in [1.807, 2.05) is 6.92 Å². The molecule has 18 heavy (non-hydrogen) atoms. The van der Waals surface area contributed by atoms with E-state index in [0.717, 1.165) is 12.7 Å². The number of benzene rings is 1. The van der Waals surface area contributed by atoms with E-state index in [1.54, 1.807) is 0 Å². The third kappa shape index (κ3) is 5.03. The summed E-state index contributed by atoms with van der Waals surface area (Å²) in [7, 11) is 0. The summed E-state index contributed by atoms with van der Waals surface area (Å²) in [6.07, 6.45) is 7.12. The molecule has 0 bridgehead atoms. The van der Waals surface area contributed by atoms with Crippen molar-refractivity contribution in [3.8, 4) is 0 Å². The van der Waals surface area contributed by atoms with Gasteiger partial charge in [-0.2, -0.15) is 0 Å². The normalized spacial score (nSPS) is 13.3. The molecule has 0 aromatic heterocycles. The second-order valence-corrected chi connectivity index (χ2v) is 5.96. The monoisotopic (exact) mass is 246 g/mol. The van der Waals surface area contributed by atoms with Crippen molar-refractivity contribution in [2.24, 2.45) is 11.3 Å². The number of aryl methyl sites for hydroxylation is 1. The van der Waals surface area contributed by atoms with Crippen molar-refractivity contribution in [1.82, 2.24) is 0 Å². The summed E-state index contributed by atoms with van der Waals surface area (Å²) in [5.74, 6) is 0.159. The van der Waals surface area contributed by atoms with Gasteiger partial charge in [0.05, 0.1) is 0 Å². The molecule has 1 nitrogen and oxygen atoms in total. The van der Waals surface area contributed by atoms with Crippen LogP contribution in [0.4, 0.5) is 0 Å². The Labute approximate surface area is 112 Å². The fourth-order valence-corrected chi connectivity index (χ4v) is 2.14. The smallest absolute Gasteiger partial charge is 0.123 e. The standard InChI is InChI=1S/C17H26O/c1-15(14-18)17(2,3)13-9-5-8-12-16-10-6-4-7-11-16/h4,6-7,10-11,14-15H,5,8-9,12-13H2,1-3H3/t15-/m1/s1. The van der Waals surface area contributed by atoms with Gasteiger partial charge in [0.15, 0.2) is 0 Å². The summed E-state index contributed by atoms with van der Waals surface area (Å²) in [5.41, 5.74) is 1.58. The molecule has 0 aliphatic carbocycles. The maximum Gasteiger partial charge on any atom is 0.123 e. The average molecular weight is 246 g/mol. The average Bonchev–Trinajstić information content (AvgIpc) is 2.38. The molecule has 0 saturated heterocycles. The molecule has 1 aromatic rings. The highest BCUT2D eigenvalue weighted by Gasteiger charge is 2.24. The summed E-state index contributed by atoms with van der Waals surface area (Å²) >= 11 is 0. The molecule has 0 spiro atoms. The molecular weight excluding hydrogens is 220 g/mol. The number of hydrogen-bond acceptors (Lipinski definition) is 1. The zero-order valence-electron chi connectivity index (χ0n) is 12.0. The van der Waals surface area contributed by atoms with E-state index in [4.69, 9.17) is 0 Å². The molecule has 0 amide bonds. The predicted molar refractivity (Wildman–Crippen MR) is 77.6 cm³/mol. The zero-order chi connectivity index (χ0) is 13.4. The Morgan fingerprint density at radius 1 is 1.11 bits per heavy atom. The van der Waals surface area contributed by atoms with Crippen molar-refractivity contribution < 1.29 is 4.79 Å². The van der Waals surface area contributed by atoms with Crippen LogP contribution in [-0.2, 0) is 11.2 Å². The highest BCUT2D eigenvalue weighted by molar-refractivity contribution is 5.54. The Hall–Kier alpha value is -1.11. The van der Waals surface area contributed by atoms with Crippen LogP contribution in [0.5, 0.6) is 0 Å². The minimum Gasteiger partial charge on any atom is -0.303 e. The van der Waals surface area contributed by atoms with E-state index in [2.05, 4.69) is 44.2 Å². The maximum atomic E-state index is 10.8. The Kier molecular flexibility index (Phi) is 6.11. The Bertz CT molecular complexity index is 340. The van der Waals surface area contributed by atoms with Crippen LogP contribution in [0.1, 0.15) is 52.0 Å². The van der Waals surface area contributed by atoms with Crippen molar-refractivity contribution in [1.29, 1.82) is 0 Å². The van der Waals surface area contributed by atoms with E-state index in [1.165, 1.54) is 31.2 Å². The molecule has 0 aliphatic rings. The lowest BCUT2D eigenvalue weighted by atomic mass is 9.77. The van der Waals surface area contributed by atoms with Crippen molar-refractivity contribution in [2.75, 3.05) is 0 Å². The summed E-state index contributed by atoms with van der Waals surface area (Å²) in [6.45, 7) is 6.42. The molecule has 0 saturated carbocycles. The molecule has 0 unspecified atom stereocenters. The number of aldehydes is 1. The SMILES string of the molecule is C[C@H](C=O)C(C)(C)CCCCCc1ccccc1. The molecule has 1 aromatic carbocycles. The Morgan fingerprint density at radius 3 is 2.39 bits per heavy atom. The molecule has 0 heterocycles. The van der Waals surface area contributed by atoms with E-state index < -0.39 is 0 Å². The van der Waals surface area contributed by atoms with Gasteiger partial charge in [-0.3, -0.25) is 0 Å². The molecule has 0 N–H and O–H groups in total. The second kappa shape index (κ2) is 7.35. The molecule has 0 aliphatic heterocycles. The number of unbranched alkanes of at least 4 members (excludes halogenated alkanes) is 2. The van der Waals surface area contributed by atoms with Crippen molar-refractivity contribution >= 4 is 6.29 Å². The minimum absolute atomic E-state index is 0.147. The van der Waals surface area contributed by atoms with Gasteiger partial charge in [0.2, 0.25) is 0 Å². The largest absolute Gasteiger partial charge is 0.303 e. The molecule has 0 fully saturated rings. The Balaban J connectivity index is 2.17. The van der Waals surface area contributed by atoms with Gasteiger partial charge in [-0.15, -0.1) is 0 Å². The van der Waals surface area contributed by atoms with Gasteiger partial charge in [0, 0.05) is 5.92 Å². The predicted octanol–water partition coefficient (Wildman–Crippen LogP) is 4.65. The number of rotatable bonds is 8. The van der Waals surface area contributed by atoms with Crippen molar-refractivity contribution in [3.63, 3.8) is 0 Å². The first-order chi connectivity index (χ1) is 8.56. The van der Waals surface area contributed by atoms with Crippen LogP contribution in [0, 0.1) is 11.3 Å². The molecule has 1 heteroatoms. The quantitative estimate of drug-likeness (QED) is 0.482. The topological polar surface area (TPSA) is 17.1 Å². The first kappa shape index (κ1) is 14.9. The van der Waals surface area contributed by atoms with Crippen molar-refractivity contribution in [3.05, 3.63) is 35.9 Å². The van der Waals surface area contributed by atoms with E-state index >= 15 is 0 Å². The highest BCUT2D eigenvalue weighted by atomic mass is 16.1. The molecule has 100 valence electrons. The van der Waals surface area contributed by atoms with E-state index in [9.17, 15) is 4.79 Å². The maximum absolute atomic E-state index is 10.8. The lowest BCUT2D eigenvalue weighted by Gasteiger charge is -2.28. The number of hydrogen-bond donors (Lipinski definition) is 0. The lowest BCUT2D eigenvalue weighted by Crippen LogP contribution is -2.22. The fourth-order valence-electron chi connectivity index (χ4n) is 2.14. The van der Waals surface area contributed by atoms with Gasteiger partial charge in [0.25, 0.3) is 0 Å². The lowest BCUT2D eigenvalue weighted by molar-refractivity contribution is -0.113. The summed E-state index contributed by atoms with van der Waals surface area (Å²) < 4.78 is 0. The zero-order valence-corrected chi connectivity index (χ0v) is 12.0. The van der Waals surface area contributed by atoms with Crippen LogP contribution in [0.3, 0.4) is 0 Å². The fraction of sp³-hybridized carbons (Fsp3) is 0.588.